The first-order valence-electron chi connectivity index (χ1n) is 13.1. The van der Waals surface area contributed by atoms with E-state index in [4.69, 9.17) is 14.2 Å². The number of ether oxygens (including phenoxy) is 3. The van der Waals surface area contributed by atoms with Gasteiger partial charge in [-0.15, -0.1) is 0 Å². The predicted octanol–water partition coefficient (Wildman–Crippen LogP) is 1.70. The number of H-pyrrole nitrogens is 1. The van der Waals surface area contributed by atoms with Crippen molar-refractivity contribution >= 4 is 23.9 Å². The molecule has 1 saturated heterocycles. The number of aromatic nitrogens is 2. The third-order valence-corrected chi connectivity index (χ3v) is 6.05. The van der Waals surface area contributed by atoms with E-state index in [9.17, 15) is 24.0 Å². The fraction of sp³-hybridized carbons (Fsp3) is 0.519. The van der Waals surface area contributed by atoms with Crippen molar-refractivity contribution in [3.8, 4) is 11.4 Å². The SMILES string of the molecule is CCOC(=O)N1CCN(C(=O)C(CCC(=O)OC(C)(C)C)NC(=O)c2cc(=O)n(-c3cccc(OC)c3)[nH]2)CC1. The minimum Gasteiger partial charge on any atom is -0.497 e. The Bertz CT molecular complexity index is 1270. The maximum Gasteiger partial charge on any atom is 0.409 e. The number of amides is 3. The molecule has 2 aromatic rings. The molecule has 218 valence electrons. The molecule has 1 aromatic carbocycles. The van der Waals surface area contributed by atoms with E-state index >= 15 is 0 Å². The van der Waals surface area contributed by atoms with Crippen LogP contribution < -0.4 is 15.6 Å². The number of methoxy groups -OCH3 is 1. The molecule has 13 heteroatoms. The molecular weight excluding hydrogens is 522 g/mol. The minimum atomic E-state index is -1.07. The zero-order chi connectivity index (χ0) is 29.4. The number of carbonyl (C=O) groups excluding carboxylic acids is 4. The summed E-state index contributed by atoms with van der Waals surface area (Å²) in [4.78, 5) is 66.7. The van der Waals surface area contributed by atoms with Crippen LogP contribution in [0.15, 0.2) is 35.1 Å². The largest absolute Gasteiger partial charge is 0.497 e. The van der Waals surface area contributed by atoms with E-state index in [1.54, 1.807) is 52.0 Å². The van der Waals surface area contributed by atoms with Crippen molar-refractivity contribution in [1.82, 2.24) is 24.9 Å². The standard InChI is InChI=1S/C27H37N5O8/c1-6-39-26(37)31-14-12-30(13-15-31)25(36)20(10-11-23(34)40-27(2,3)4)28-24(35)21-17-22(33)32(29-21)18-8-7-9-19(16-18)38-5/h7-9,16-17,20,29H,6,10-15H2,1-5H3,(H,28,35). The van der Waals surface area contributed by atoms with Crippen LogP contribution in [0.25, 0.3) is 5.69 Å². The highest BCUT2D eigenvalue weighted by molar-refractivity contribution is 5.96. The van der Waals surface area contributed by atoms with E-state index in [2.05, 4.69) is 10.4 Å². The summed E-state index contributed by atoms with van der Waals surface area (Å²) in [5.74, 6) is -1.08. The Hall–Kier alpha value is -4.29. The highest BCUT2D eigenvalue weighted by atomic mass is 16.6. The first-order valence-corrected chi connectivity index (χ1v) is 13.1. The van der Waals surface area contributed by atoms with Gasteiger partial charge in [-0.3, -0.25) is 24.3 Å². The van der Waals surface area contributed by atoms with Gasteiger partial charge in [-0.25, -0.2) is 9.48 Å². The smallest absolute Gasteiger partial charge is 0.409 e. The molecule has 0 saturated carbocycles. The number of benzene rings is 1. The lowest BCUT2D eigenvalue weighted by Crippen LogP contribution is -2.56. The lowest BCUT2D eigenvalue weighted by molar-refractivity contribution is -0.155. The number of carbonyl (C=O) groups is 4. The Morgan fingerprint density at radius 2 is 1.73 bits per heavy atom. The molecule has 3 rings (SSSR count). The maximum atomic E-state index is 13.5. The van der Waals surface area contributed by atoms with Crippen molar-refractivity contribution in [2.75, 3.05) is 39.9 Å². The number of hydrogen-bond acceptors (Lipinski definition) is 8. The van der Waals surface area contributed by atoms with Crippen molar-refractivity contribution in [1.29, 1.82) is 0 Å². The van der Waals surface area contributed by atoms with Gasteiger partial charge in [-0.05, 0) is 46.2 Å². The van der Waals surface area contributed by atoms with Gasteiger partial charge >= 0.3 is 12.1 Å². The third-order valence-electron chi connectivity index (χ3n) is 6.05. The van der Waals surface area contributed by atoms with Gasteiger partial charge in [0.25, 0.3) is 11.5 Å². The van der Waals surface area contributed by atoms with E-state index in [0.29, 0.717) is 11.4 Å². The molecule has 1 aromatic heterocycles. The Balaban J connectivity index is 1.75. The van der Waals surface area contributed by atoms with Crippen LogP contribution in [0.5, 0.6) is 5.75 Å². The molecule has 0 bridgehead atoms. The fourth-order valence-electron chi connectivity index (χ4n) is 4.15. The molecule has 1 aliphatic rings. The fourth-order valence-corrected chi connectivity index (χ4v) is 4.15. The van der Waals surface area contributed by atoms with Crippen molar-refractivity contribution in [2.45, 2.75) is 52.2 Å². The van der Waals surface area contributed by atoms with E-state index in [1.165, 1.54) is 21.6 Å². The van der Waals surface area contributed by atoms with Crippen LogP contribution in [-0.4, -0.2) is 95.0 Å². The average molecular weight is 560 g/mol. The molecule has 2 N–H and O–H groups in total. The van der Waals surface area contributed by atoms with Crippen molar-refractivity contribution in [3.05, 3.63) is 46.4 Å². The summed E-state index contributed by atoms with van der Waals surface area (Å²) in [7, 11) is 1.50. The molecule has 0 radical (unpaired) electrons. The van der Waals surface area contributed by atoms with Crippen LogP contribution in [0.4, 0.5) is 4.79 Å². The van der Waals surface area contributed by atoms with E-state index in [-0.39, 0.29) is 51.3 Å². The van der Waals surface area contributed by atoms with Gasteiger partial charge in [-0.1, -0.05) is 6.07 Å². The molecule has 1 unspecified atom stereocenters. The number of nitrogens with one attached hydrogen (secondary N) is 2. The molecule has 0 aliphatic carbocycles. The third kappa shape index (κ3) is 8.10. The first-order chi connectivity index (χ1) is 18.9. The van der Waals surface area contributed by atoms with Crippen LogP contribution >= 0.6 is 0 Å². The average Bonchev–Trinajstić information content (AvgIpc) is 3.31. The normalized spacial score (nSPS) is 14.3. The second-order valence-corrected chi connectivity index (χ2v) is 10.2. The Morgan fingerprint density at radius 1 is 1.05 bits per heavy atom. The Labute approximate surface area is 232 Å². The molecule has 1 aliphatic heterocycles. The van der Waals surface area contributed by atoms with Crippen LogP contribution in [0.2, 0.25) is 0 Å². The number of hydrogen-bond donors (Lipinski definition) is 2. The number of nitrogens with zero attached hydrogens (tertiary/aromatic N) is 3. The molecule has 1 atom stereocenters. The molecular formula is C27H37N5O8. The quantitative estimate of drug-likeness (QED) is 0.441. The van der Waals surface area contributed by atoms with Crippen molar-refractivity contribution in [2.24, 2.45) is 0 Å². The Morgan fingerprint density at radius 3 is 2.35 bits per heavy atom. The summed E-state index contributed by atoms with van der Waals surface area (Å²) in [5.41, 5.74) is -0.785. The van der Waals surface area contributed by atoms with E-state index in [0.717, 1.165) is 6.07 Å². The first kappa shape index (κ1) is 30.3. The van der Waals surface area contributed by atoms with Crippen LogP contribution in [0.1, 0.15) is 51.0 Å². The van der Waals surface area contributed by atoms with Gasteiger partial charge in [0.1, 0.15) is 23.1 Å². The zero-order valence-corrected chi connectivity index (χ0v) is 23.5. The van der Waals surface area contributed by atoms with Gasteiger partial charge < -0.3 is 29.3 Å². The molecule has 1 fully saturated rings. The van der Waals surface area contributed by atoms with Crippen molar-refractivity contribution < 1.29 is 33.4 Å². The van der Waals surface area contributed by atoms with Crippen LogP contribution in [0.3, 0.4) is 0 Å². The summed E-state index contributed by atoms with van der Waals surface area (Å²) < 4.78 is 16.8. The van der Waals surface area contributed by atoms with Gasteiger partial charge in [-0.2, -0.15) is 0 Å². The van der Waals surface area contributed by atoms with E-state index < -0.39 is 41.1 Å². The Kier molecular flexibility index (Phi) is 9.97. The molecule has 13 nitrogen and oxygen atoms in total. The summed E-state index contributed by atoms with van der Waals surface area (Å²) in [6, 6.07) is 6.78. The summed E-state index contributed by atoms with van der Waals surface area (Å²) in [6.45, 7) is 8.19. The van der Waals surface area contributed by atoms with Crippen molar-refractivity contribution in [3.63, 3.8) is 0 Å². The summed E-state index contributed by atoms with van der Waals surface area (Å²) >= 11 is 0. The highest BCUT2D eigenvalue weighted by Crippen LogP contribution is 2.16. The molecule has 3 amide bonds. The zero-order valence-electron chi connectivity index (χ0n) is 23.5. The summed E-state index contributed by atoms with van der Waals surface area (Å²) in [5, 5.41) is 5.43. The van der Waals surface area contributed by atoms with Gasteiger partial charge in [0.15, 0.2) is 0 Å². The topological polar surface area (TPSA) is 152 Å². The predicted molar refractivity (Wildman–Crippen MR) is 144 cm³/mol. The van der Waals surface area contributed by atoms with Crippen LogP contribution in [0, 0.1) is 0 Å². The monoisotopic (exact) mass is 559 g/mol. The number of piperazine rings is 1. The molecule has 0 spiro atoms. The van der Waals surface area contributed by atoms with Gasteiger partial charge in [0.05, 0.1) is 19.4 Å². The van der Waals surface area contributed by atoms with Gasteiger partial charge in [0, 0.05) is 44.7 Å². The maximum absolute atomic E-state index is 13.5. The highest BCUT2D eigenvalue weighted by Gasteiger charge is 2.32. The minimum absolute atomic E-state index is 0.0155. The summed E-state index contributed by atoms with van der Waals surface area (Å²) in [6.07, 6.45) is -0.579. The van der Waals surface area contributed by atoms with E-state index in [1.807, 2.05) is 0 Å². The number of aromatic amines is 1. The molecule has 2 heterocycles. The lowest BCUT2D eigenvalue weighted by Gasteiger charge is -2.36. The number of rotatable bonds is 9. The van der Waals surface area contributed by atoms with Crippen LogP contribution in [-0.2, 0) is 19.1 Å². The number of esters is 1. The molecule has 40 heavy (non-hydrogen) atoms. The van der Waals surface area contributed by atoms with Gasteiger partial charge in [0.2, 0.25) is 5.91 Å². The second kappa shape index (κ2) is 13.2. The lowest BCUT2D eigenvalue weighted by atomic mass is 10.1. The second-order valence-electron chi connectivity index (χ2n) is 10.2.